The zero-order valence-electron chi connectivity index (χ0n) is 13.1. The van der Waals surface area contributed by atoms with Crippen molar-refractivity contribution in [2.45, 2.75) is 26.2 Å². The maximum atomic E-state index is 13.1. The highest BCUT2D eigenvalue weighted by Crippen LogP contribution is 2.28. The normalized spacial score (nSPS) is 11.0. The van der Waals surface area contributed by atoms with E-state index in [9.17, 15) is 9.18 Å². The Morgan fingerprint density at radius 2 is 2.12 bits per heavy atom. The fraction of sp³-hybridized carbons (Fsp3) is 0.222. The minimum atomic E-state index is -0.476. The van der Waals surface area contributed by atoms with Crippen molar-refractivity contribution in [3.63, 3.8) is 0 Å². The monoisotopic (exact) mass is 362 g/mol. The predicted molar refractivity (Wildman–Crippen MR) is 97.6 cm³/mol. The largest absolute Gasteiger partial charge is 0.298 e. The molecule has 3 aromatic rings. The third kappa shape index (κ3) is 3.74. The van der Waals surface area contributed by atoms with Crippen LogP contribution in [0, 0.1) is 5.82 Å². The van der Waals surface area contributed by atoms with Crippen molar-refractivity contribution in [2.24, 2.45) is 0 Å². The number of anilines is 1. The maximum Gasteiger partial charge on any atom is 0.258 e. The Morgan fingerprint density at radius 1 is 1.29 bits per heavy atom. The first-order valence-electron chi connectivity index (χ1n) is 7.72. The molecule has 1 amide bonds. The molecule has 0 fully saturated rings. The van der Waals surface area contributed by atoms with Crippen LogP contribution >= 0.6 is 22.9 Å². The molecule has 24 heavy (non-hydrogen) atoms. The van der Waals surface area contributed by atoms with Gasteiger partial charge in [0.05, 0.1) is 20.8 Å². The Labute approximate surface area is 148 Å². The standard InChI is InChI=1S/C18H16ClFN2OS/c1-2-3-4-11-5-8-15-16(9-11)24-18(21-15)22-17(23)13-7-6-12(20)10-14(13)19/h5-10H,2-4H2,1H3,(H,21,22,23). The molecule has 0 spiro atoms. The van der Waals surface area contributed by atoms with Crippen molar-refractivity contribution in [1.29, 1.82) is 0 Å². The third-order valence-electron chi connectivity index (χ3n) is 3.67. The van der Waals surface area contributed by atoms with Gasteiger partial charge in [-0.05, 0) is 48.7 Å². The Hall–Kier alpha value is -1.98. The van der Waals surface area contributed by atoms with Crippen LogP contribution in [0.4, 0.5) is 9.52 Å². The van der Waals surface area contributed by atoms with Crippen LogP contribution in [0.25, 0.3) is 10.2 Å². The van der Waals surface area contributed by atoms with Gasteiger partial charge in [0.2, 0.25) is 0 Å². The van der Waals surface area contributed by atoms with Crippen molar-refractivity contribution in [1.82, 2.24) is 4.98 Å². The number of nitrogens with zero attached hydrogens (tertiary/aromatic N) is 1. The van der Waals surface area contributed by atoms with Gasteiger partial charge >= 0.3 is 0 Å². The molecule has 3 nitrogen and oxygen atoms in total. The van der Waals surface area contributed by atoms with Gasteiger partial charge in [0.1, 0.15) is 5.82 Å². The van der Waals surface area contributed by atoms with E-state index in [0.29, 0.717) is 5.13 Å². The zero-order chi connectivity index (χ0) is 17.1. The summed E-state index contributed by atoms with van der Waals surface area (Å²) >= 11 is 7.34. The number of aromatic nitrogens is 1. The first-order chi connectivity index (χ1) is 11.6. The highest BCUT2D eigenvalue weighted by molar-refractivity contribution is 7.22. The second kappa shape index (κ2) is 7.28. The number of hydrogen-bond donors (Lipinski definition) is 1. The summed E-state index contributed by atoms with van der Waals surface area (Å²) in [5.74, 6) is -0.874. The average molecular weight is 363 g/mol. The summed E-state index contributed by atoms with van der Waals surface area (Å²) in [6.45, 7) is 2.17. The summed E-state index contributed by atoms with van der Waals surface area (Å²) in [5, 5.41) is 3.31. The van der Waals surface area contributed by atoms with Crippen LogP contribution in [0.3, 0.4) is 0 Å². The number of benzene rings is 2. The van der Waals surface area contributed by atoms with Gasteiger partial charge in [-0.1, -0.05) is 42.3 Å². The Balaban J connectivity index is 1.80. The number of carbonyl (C=O) groups is 1. The molecule has 2 aromatic carbocycles. The predicted octanol–water partition coefficient (Wildman–Crippen LogP) is 5.68. The van der Waals surface area contributed by atoms with E-state index >= 15 is 0 Å². The fourth-order valence-corrected chi connectivity index (χ4v) is 3.57. The van der Waals surface area contributed by atoms with Gasteiger partial charge in [-0.15, -0.1) is 0 Å². The molecule has 0 unspecified atom stereocenters. The maximum absolute atomic E-state index is 13.1. The highest BCUT2D eigenvalue weighted by atomic mass is 35.5. The fourth-order valence-electron chi connectivity index (χ4n) is 2.40. The number of unbranched alkanes of at least 4 members (excludes halogenated alkanes) is 1. The molecule has 0 aliphatic rings. The second-order valence-electron chi connectivity index (χ2n) is 5.50. The van der Waals surface area contributed by atoms with Crippen molar-refractivity contribution in [2.75, 3.05) is 5.32 Å². The Morgan fingerprint density at radius 3 is 2.88 bits per heavy atom. The number of hydrogen-bond acceptors (Lipinski definition) is 3. The SMILES string of the molecule is CCCCc1ccc2nc(NC(=O)c3ccc(F)cc3Cl)sc2c1. The van der Waals surface area contributed by atoms with Crippen LogP contribution in [-0.2, 0) is 6.42 Å². The molecule has 0 aliphatic carbocycles. The molecule has 0 radical (unpaired) electrons. The lowest BCUT2D eigenvalue weighted by molar-refractivity contribution is 0.102. The summed E-state index contributed by atoms with van der Waals surface area (Å²) in [6.07, 6.45) is 3.34. The van der Waals surface area contributed by atoms with Gasteiger partial charge in [-0.3, -0.25) is 10.1 Å². The molecule has 1 heterocycles. The summed E-state index contributed by atoms with van der Waals surface area (Å²) in [7, 11) is 0. The van der Waals surface area contributed by atoms with Crippen LogP contribution in [0.2, 0.25) is 5.02 Å². The summed E-state index contributed by atoms with van der Waals surface area (Å²) in [5.41, 5.74) is 2.34. The number of halogens is 2. The smallest absolute Gasteiger partial charge is 0.258 e. The molecule has 124 valence electrons. The summed E-state index contributed by atoms with van der Waals surface area (Å²) < 4.78 is 14.1. The molecular formula is C18H16ClFN2OS. The second-order valence-corrected chi connectivity index (χ2v) is 6.94. The van der Waals surface area contributed by atoms with E-state index in [2.05, 4.69) is 29.4 Å². The van der Waals surface area contributed by atoms with Gasteiger partial charge in [0.15, 0.2) is 5.13 Å². The van der Waals surface area contributed by atoms with Gasteiger partial charge in [-0.25, -0.2) is 9.37 Å². The van der Waals surface area contributed by atoms with E-state index in [1.54, 1.807) is 0 Å². The van der Waals surface area contributed by atoms with Crippen LogP contribution in [-0.4, -0.2) is 10.9 Å². The summed E-state index contributed by atoms with van der Waals surface area (Å²) in [4.78, 5) is 16.7. The quantitative estimate of drug-likeness (QED) is 0.634. The van der Waals surface area contributed by atoms with Crippen molar-refractivity contribution < 1.29 is 9.18 Å². The number of amides is 1. The topological polar surface area (TPSA) is 42.0 Å². The van der Waals surface area contributed by atoms with E-state index in [1.807, 2.05) is 6.07 Å². The Kier molecular flexibility index (Phi) is 5.11. The molecule has 0 saturated carbocycles. The van der Waals surface area contributed by atoms with E-state index in [4.69, 9.17) is 11.6 Å². The van der Waals surface area contributed by atoms with Crippen molar-refractivity contribution in [3.8, 4) is 0 Å². The van der Waals surface area contributed by atoms with Gasteiger partial charge in [-0.2, -0.15) is 0 Å². The lowest BCUT2D eigenvalue weighted by Gasteiger charge is -2.03. The Bertz CT molecular complexity index is 894. The molecule has 3 rings (SSSR count). The van der Waals surface area contributed by atoms with Crippen LogP contribution in [0.1, 0.15) is 35.7 Å². The first-order valence-corrected chi connectivity index (χ1v) is 8.92. The van der Waals surface area contributed by atoms with Crippen LogP contribution in [0.15, 0.2) is 36.4 Å². The molecule has 1 aromatic heterocycles. The van der Waals surface area contributed by atoms with Crippen LogP contribution in [0.5, 0.6) is 0 Å². The molecule has 1 N–H and O–H groups in total. The highest BCUT2D eigenvalue weighted by Gasteiger charge is 2.14. The number of fused-ring (bicyclic) bond motifs is 1. The number of aryl methyl sites for hydroxylation is 1. The minimum Gasteiger partial charge on any atom is -0.298 e. The molecule has 0 atom stereocenters. The average Bonchev–Trinajstić information content (AvgIpc) is 2.94. The number of rotatable bonds is 5. The van der Waals surface area contributed by atoms with Crippen molar-refractivity contribution >= 4 is 44.2 Å². The molecule has 6 heteroatoms. The number of thiazole rings is 1. The van der Waals surface area contributed by atoms with Gasteiger partial charge in [0, 0.05) is 0 Å². The minimum absolute atomic E-state index is 0.0791. The molecule has 0 aliphatic heterocycles. The summed E-state index contributed by atoms with van der Waals surface area (Å²) in [6, 6.07) is 9.85. The number of carbonyl (C=O) groups excluding carboxylic acids is 1. The lowest BCUT2D eigenvalue weighted by Crippen LogP contribution is -2.12. The van der Waals surface area contributed by atoms with Gasteiger partial charge in [0.25, 0.3) is 5.91 Å². The van der Waals surface area contributed by atoms with Gasteiger partial charge < -0.3 is 0 Å². The lowest BCUT2D eigenvalue weighted by atomic mass is 10.1. The number of nitrogens with one attached hydrogen (secondary N) is 1. The first kappa shape index (κ1) is 16.9. The molecule has 0 bridgehead atoms. The van der Waals surface area contributed by atoms with E-state index < -0.39 is 11.7 Å². The third-order valence-corrected chi connectivity index (χ3v) is 4.91. The molecular weight excluding hydrogens is 347 g/mol. The van der Waals surface area contributed by atoms with Crippen LogP contribution < -0.4 is 5.32 Å². The van der Waals surface area contributed by atoms with E-state index in [1.165, 1.54) is 29.0 Å². The van der Waals surface area contributed by atoms with Crippen molar-refractivity contribution in [3.05, 3.63) is 58.4 Å². The van der Waals surface area contributed by atoms with E-state index in [-0.39, 0.29) is 10.6 Å². The molecule has 0 saturated heterocycles. The van der Waals surface area contributed by atoms with E-state index in [0.717, 1.165) is 35.5 Å². The zero-order valence-corrected chi connectivity index (χ0v) is 14.7.